The fraction of sp³-hybridized carbons (Fsp3) is 0.360. The Morgan fingerprint density at radius 3 is 2.65 bits per heavy atom. The van der Waals surface area contributed by atoms with E-state index in [1.165, 1.54) is 18.4 Å². The number of fused-ring (bicyclic) bond motifs is 1. The van der Waals surface area contributed by atoms with Crippen LogP contribution in [0, 0.1) is 0 Å². The molecule has 2 aromatic carbocycles. The van der Waals surface area contributed by atoms with Gasteiger partial charge in [0.2, 0.25) is 0 Å². The van der Waals surface area contributed by atoms with Crippen LogP contribution >= 0.6 is 12.2 Å². The summed E-state index contributed by atoms with van der Waals surface area (Å²) in [6, 6.07) is 18.4. The molecule has 5 nitrogen and oxygen atoms in total. The fourth-order valence-electron chi connectivity index (χ4n) is 4.33. The van der Waals surface area contributed by atoms with Crippen molar-refractivity contribution in [3.05, 3.63) is 76.1 Å². The molecule has 0 radical (unpaired) electrons. The van der Waals surface area contributed by atoms with Crippen molar-refractivity contribution in [1.82, 2.24) is 15.2 Å². The molecule has 3 aromatic rings. The van der Waals surface area contributed by atoms with Gasteiger partial charge < -0.3 is 19.9 Å². The summed E-state index contributed by atoms with van der Waals surface area (Å²) < 4.78 is 5.35. The summed E-state index contributed by atoms with van der Waals surface area (Å²) in [5.41, 5.74) is 2.64. The number of ether oxygens (including phenoxy) is 1. The standard InChI is InChI=1S/C25H29N3O2S/c1-17(18-8-4-3-5-9-18)26-25(31)28(21-10-6-7-11-21)16-20-14-19-15-22(30-2)12-13-23(19)27-24(20)29/h3-5,8-9,12-15,17,21H,6-7,10-11,16H2,1-2H3,(H,26,31)(H,27,29)/t17-/m1/s1. The van der Waals surface area contributed by atoms with Crippen LogP contribution in [-0.2, 0) is 6.54 Å². The zero-order chi connectivity index (χ0) is 21.8. The molecule has 6 heteroatoms. The number of aromatic amines is 1. The second kappa shape index (κ2) is 9.52. The molecule has 1 aliphatic rings. The molecule has 4 rings (SSSR count). The van der Waals surface area contributed by atoms with E-state index in [9.17, 15) is 4.79 Å². The van der Waals surface area contributed by atoms with E-state index in [0.717, 1.165) is 29.5 Å². The van der Waals surface area contributed by atoms with Crippen molar-refractivity contribution in [2.24, 2.45) is 0 Å². The molecule has 0 amide bonds. The second-order valence-electron chi connectivity index (χ2n) is 8.22. The number of H-pyrrole nitrogens is 1. The van der Waals surface area contributed by atoms with Crippen LogP contribution in [0.2, 0.25) is 0 Å². The Balaban J connectivity index is 1.60. The van der Waals surface area contributed by atoms with Gasteiger partial charge in [0.1, 0.15) is 5.75 Å². The first-order valence-corrected chi connectivity index (χ1v) is 11.3. The largest absolute Gasteiger partial charge is 0.497 e. The Morgan fingerprint density at radius 2 is 1.94 bits per heavy atom. The highest BCUT2D eigenvalue weighted by Crippen LogP contribution is 2.26. The third-order valence-electron chi connectivity index (χ3n) is 6.13. The summed E-state index contributed by atoms with van der Waals surface area (Å²) in [5, 5.41) is 5.15. The van der Waals surface area contributed by atoms with E-state index < -0.39 is 0 Å². The summed E-state index contributed by atoms with van der Waals surface area (Å²) in [4.78, 5) is 18.0. The summed E-state index contributed by atoms with van der Waals surface area (Å²) >= 11 is 5.85. The lowest BCUT2D eigenvalue weighted by atomic mass is 10.1. The number of hydrogen-bond donors (Lipinski definition) is 2. The third-order valence-corrected chi connectivity index (χ3v) is 6.49. The molecule has 31 heavy (non-hydrogen) atoms. The van der Waals surface area contributed by atoms with Gasteiger partial charge in [0.05, 0.1) is 19.7 Å². The quantitative estimate of drug-likeness (QED) is 0.539. The van der Waals surface area contributed by atoms with Crippen LogP contribution in [0.1, 0.15) is 49.8 Å². The van der Waals surface area contributed by atoms with Crippen LogP contribution in [-0.4, -0.2) is 28.1 Å². The van der Waals surface area contributed by atoms with E-state index in [1.54, 1.807) is 7.11 Å². The molecule has 162 valence electrons. The zero-order valence-corrected chi connectivity index (χ0v) is 18.9. The molecule has 1 atom stereocenters. The number of nitrogens with one attached hydrogen (secondary N) is 2. The third kappa shape index (κ3) is 4.90. The topological polar surface area (TPSA) is 57.4 Å². The smallest absolute Gasteiger partial charge is 0.253 e. The Bertz CT molecular complexity index is 1110. The predicted molar refractivity (Wildman–Crippen MR) is 130 cm³/mol. The van der Waals surface area contributed by atoms with Gasteiger partial charge in [0.25, 0.3) is 5.56 Å². The monoisotopic (exact) mass is 435 g/mol. The zero-order valence-electron chi connectivity index (χ0n) is 18.1. The Morgan fingerprint density at radius 1 is 1.19 bits per heavy atom. The Labute approximate surface area is 188 Å². The lowest BCUT2D eigenvalue weighted by Gasteiger charge is -2.33. The molecule has 1 aliphatic carbocycles. The minimum Gasteiger partial charge on any atom is -0.497 e. The van der Waals surface area contributed by atoms with Crippen LogP contribution in [0.15, 0.2) is 59.4 Å². The van der Waals surface area contributed by atoms with Crippen molar-refractivity contribution < 1.29 is 4.74 Å². The molecule has 1 heterocycles. The molecule has 0 unspecified atom stereocenters. The summed E-state index contributed by atoms with van der Waals surface area (Å²) in [5.74, 6) is 0.770. The van der Waals surface area contributed by atoms with E-state index in [-0.39, 0.29) is 11.6 Å². The Hall–Kier alpha value is -2.86. The first kappa shape index (κ1) is 21.4. The molecule has 1 saturated carbocycles. The number of methoxy groups -OCH3 is 1. The van der Waals surface area contributed by atoms with E-state index in [4.69, 9.17) is 17.0 Å². The van der Waals surface area contributed by atoms with E-state index in [0.29, 0.717) is 23.3 Å². The second-order valence-corrected chi connectivity index (χ2v) is 8.61. The first-order valence-electron chi connectivity index (χ1n) is 10.9. The Kier molecular flexibility index (Phi) is 6.56. The number of benzene rings is 2. The number of aromatic nitrogens is 1. The van der Waals surface area contributed by atoms with Crippen molar-refractivity contribution in [3.8, 4) is 5.75 Å². The van der Waals surface area contributed by atoms with Gasteiger partial charge in [-0.15, -0.1) is 0 Å². The van der Waals surface area contributed by atoms with Crippen molar-refractivity contribution in [2.75, 3.05) is 7.11 Å². The molecular weight excluding hydrogens is 406 g/mol. The number of pyridine rings is 1. The van der Waals surface area contributed by atoms with Crippen LogP contribution in [0.25, 0.3) is 10.9 Å². The summed E-state index contributed by atoms with van der Waals surface area (Å²) in [7, 11) is 1.65. The van der Waals surface area contributed by atoms with Crippen molar-refractivity contribution >= 4 is 28.2 Å². The molecule has 2 N–H and O–H groups in total. The number of nitrogens with zero attached hydrogens (tertiary/aromatic N) is 1. The highest BCUT2D eigenvalue weighted by atomic mass is 32.1. The van der Waals surface area contributed by atoms with Gasteiger partial charge in [-0.2, -0.15) is 0 Å². The molecule has 0 spiro atoms. The molecule has 0 saturated heterocycles. The summed E-state index contributed by atoms with van der Waals surface area (Å²) in [6.45, 7) is 2.60. The van der Waals surface area contributed by atoms with Crippen molar-refractivity contribution in [2.45, 2.75) is 51.2 Å². The van der Waals surface area contributed by atoms with E-state index in [1.807, 2.05) is 42.5 Å². The molecular formula is C25H29N3O2S. The van der Waals surface area contributed by atoms with Gasteiger partial charge in [-0.05, 0) is 61.8 Å². The normalized spacial score (nSPS) is 15.0. The summed E-state index contributed by atoms with van der Waals surface area (Å²) in [6.07, 6.45) is 4.59. The predicted octanol–water partition coefficient (Wildman–Crippen LogP) is 4.92. The molecule has 0 aliphatic heterocycles. The van der Waals surface area contributed by atoms with Gasteiger partial charge in [-0.1, -0.05) is 43.2 Å². The van der Waals surface area contributed by atoms with E-state index >= 15 is 0 Å². The van der Waals surface area contributed by atoms with Crippen molar-refractivity contribution in [1.29, 1.82) is 0 Å². The molecule has 0 bridgehead atoms. The van der Waals surface area contributed by atoms with Gasteiger partial charge in [0.15, 0.2) is 5.11 Å². The van der Waals surface area contributed by atoms with Crippen LogP contribution in [0.5, 0.6) is 5.75 Å². The SMILES string of the molecule is COc1ccc2[nH]c(=O)c(CN(C(=S)N[C@H](C)c3ccccc3)C3CCCC3)cc2c1. The van der Waals surface area contributed by atoms with Crippen LogP contribution in [0.3, 0.4) is 0 Å². The molecule has 1 aromatic heterocycles. The maximum Gasteiger partial charge on any atom is 0.253 e. The average molecular weight is 436 g/mol. The van der Waals surface area contributed by atoms with Gasteiger partial charge in [-0.25, -0.2) is 0 Å². The van der Waals surface area contributed by atoms with Crippen LogP contribution in [0.4, 0.5) is 0 Å². The molecule has 1 fully saturated rings. The number of rotatable bonds is 6. The fourth-order valence-corrected chi connectivity index (χ4v) is 4.72. The minimum atomic E-state index is -0.0698. The highest BCUT2D eigenvalue weighted by molar-refractivity contribution is 7.80. The lowest BCUT2D eigenvalue weighted by Crippen LogP contribution is -2.46. The minimum absolute atomic E-state index is 0.0698. The maximum atomic E-state index is 12.8. The van der Waals surface area contributed by atoms with Gasteiger partial charge >= 0.3 is 0 Å². The van der Waals surface area contributed by atoms with Gasteiger partial charge in [-0.3, -0.25) is 4.79 Å². The first-order chi connectivity index (χ1) is 15.0. The number of thiocarbonyl (C=S) groups is 1. The van der Waals surface area contributed by atoms with Crippen molar-refractivity contribution in [3.63, 3.8) is 0 Å². The lowest BCUT2D eigenvalue weighted by molar-refractivity contribution is 0.300. The van der Waals surface area contributed by atoms with E-state index in [2.05, 4.69) is 34.3 Å². The number of hydrogen-bond acceptors (Lipinski definition) is 3. The maximum absolute atomic E-state index is 12.8. The highest BCUT2D eigenvalue weighted by Gasteiger charge is 2.26. The van der Waals surface area contributed by atoms with Gasteiger partial charge in [0, 0.05) is 22.5 Å². The average Bonchev–Trinajstić information content (AvgIpc) is 3.32. The van der Waals surface area contributed by atoms with Crippen LogP contribution < -0.4 is 15.6 Å².